The Morgan fingerprint density at radius 2 is 1.70 bits per heavy atom. The first-order valence-corrected chi connectivity index (χ1v) is 7.73. The Morgan fingerprint density at radius 3 is 2.26 bits per heavy atom. The Morgan fingerprint density at radius 1 is 1.09 bits per heavy atom. The van der Waals surface area contributed by atoms with Crippen molar-refractivity contribution in [3.8, 4) is 0 Å². The molecule has 1 aliphatic rings. The van der Waals surface area contributed by atoms with Gasteiger partial charge in [-0.2, -0.15) is 0 Å². The monoisotopic (exact) mass is 302 g/mol. The third-order valence-electron chi connectivity index (χ3n) is 4.47. The van der Waals surface area contributed by atoms with Crippen molar-refractivity contribution in [2.45, 2.75) is 24.8 Å². The van der Waals surface area contributed by atoms with E-state index in [0.29, 0.717) is 6.42 Å². The molecule has 0 bridgehead atoms. The van der Waals surface area contributed by atoms with Crippen LogP contribution in [0.4, 0.5) is 0 Å². The molecule has 0 radical (unpaired) electrons. The second kappa shape index (κ2) is 6.10. The smallest absolute Gasteiger partial charge is 0.319 e. The molecule has 3 heteroatoms. The van der Waals surface area contributed by atoms with E-state index in [9.17, 15) is 4.79 Å². The van der Waals surface area contributed by atoms with E-state index in [-0.39, 0.29) is 11.8 Å². The van der Waals surface area contributed by atoms with E-state index in [1.807, 2.05) is 73.7 Å². The molecule has 1 aliphatic heterocycles. The second-order valence-electron chi connectivity index (χ2n) is 5.68. The van der Waals surface area contributed by atoms with Gasteiger partial charge in [0.1, 0.15) is 0 Å². The van der Waals surface area contributed by atoms with Crippen LogP contribution in [0, 0.1) is 6.57 Å². The molecule has 3 rings (SSSR count). The number of carbonyl (C=O) groups is 1. The van der Waals surface area contributed by atoms with Crippen molar-refractivity contribution in [2.24, 2.45) is 0 Å². The van der Waals surface area contributed by atoms with Gasteiger partial charge in [-0.15, -0.1) is 0 Å². The largest absolute Gasteiger partial charge is 0.319 e. The number of hydrogen-bond donors (Lipinski definition) is 1. The molecule has 1 amide bonds. The molecule has 0 aromatic heterocycles. The number of hydrogen-bond acceptors (Lipinski definition) is 1. The summed E-state index contributed by atoms with van der Waals surface area (Å²) < 4.78 is 0. The van der Waals surface area contributed by atoms with Crippen LogP contribution >= 0.6 is 0 Å². The molecule has 3 nitrogen and oxygen atoms in total. The van der Waals surface area contributed by atoms with E-state index in [4.69, 9.17) is 6.57 Å². The van der Waals surface area contributed by atoms with Gasteiger partial charge in [-0.25, -0.2) is 6.57 Å². The minimum Gasteiger partial charge on any atom is -0.319 e. The molecule has 1 N–H and O–H groups in total. The van der Waals surface area contributed by atoms with Crippen molar-refractivity contribution in [2.75, 3.05) is 0 Å². The maximum absolute atomic E-state index is 12.8. The lowest BCUT2D eigenvalue weighted by Crippen LogP contribution is -2.50. The summed E-state index contributed by atoms with van der Waals surface area (Å²) in [4.78, 5) is 16.5. The van der Waals surface area contributed by atoms with Gasteiger partial charge in [-0.05, 0) is 17.2 Å². The minimum absolute atomic E-state index is 0.217. The van der Waals surface area contributed by atoms with Crippen LogP contribution in [0.15, 0.2) is 66.7 Å². The van der Waals surface area contributed by atoms with E-state index < -0.39 is 5.54 Å². The molecule has 2 aromatic carbocycles. The maximum Gasteiger partial charge on any atom is 0.319 e. The van der Waals surface area contributed by atoms with E-state index in [2.05, 4.69) is 10.2 Å². The zero-order chi connectivity index (χ0) is 16.3. The number of nitrogens with zero attached hydrogens (tertiary/aromatic N) is 1. The summed E-state index contributed by atoms with van der Waals surface area (Å²) >= 11 is 0. The van der Waals surface area contributed by atoms with Crippen LogP contribution in [0.25, 0.3) is 10.5 Å². The first kappa shape index (κ1) is 15.1. The van der Waals surface area contributed by atoms with Crippen LogP contribution in [-0.2, 0) is 4.79 Å². The van der Waals surface area contributed by atoms with Crippen molar-refractivity contribution in [1.82, 2.24) is 5.32 Å². The standard InChI is InChI=1S/C20H18N2O/c1-3-20(21-2)17(15-10-6-4-7-11-15)14-18(22-19(20)23)16-12-8-5-9-13-16/h4-14,17H,3H2,1H3,(H,22,23)/t17-,20-/m0/s1. The highest BCUT2D eigenvalue weighted by Gasteiger charge is 2.53. The highest BCUT2D eigenvalue weighted by molar-refractivity contribution is 5.99. The molecule has 0 saturated carbocycles. The van der Waals surface area contributed by atoms with Crippen LogP contribution in [0.2, 0.25) is 0 Å². The summed E-state index contributed by atoms with van der Waals surface area (Å²) in [5, 5.41) is 2.93. The fraction of sp³-hybridized carbons (Fsp3) is 0.200. The first-order valence-electron chi connectivity index (χ1n) is 7.73. The van der Waals surface area contributed by atoms with Gasteiger partial charge < -0.3 is 5.32 Å². The number of rotatable bonds is 3. The van der Waals surface area contributed by atoms with Crippen molar-refractivity contribution >= 4 is 11.6 Å². The second-order valence-corrected chi connectivity index (χ2v) is 5.68. The van der Waals surface area contributed by atoms with E-state index in [0.717, 1.165) is 16.8 Å². The quantitative estimate of drug-likeness (QED) is 0.854. The molecule has 23 heavy (non-hydrogen) atoms. The fourth-order valence-corrected chi connectivity index (χ4v) is 3.12. The molecule has 0 unspecified atom stereocenters. The van der Waals surface area contributed by atoms with Crippen molar-refractivity contribution in [1.29, 1.82) is 0 Å². The predicted octanol–water partition coefficient (Wildman–Crippen LogP) is 4.01. The number of carbonyl (C=O) groups excluding carboxylic acids is 1. The van der Waals surface area contributed by atoms with Gasteiger partial charge in [-0.3, -0.25) is 9.64 Å². The first-order chi connectivity index (χ1) is 11.2. The molecular formula is C20H18N2O. The van der Waals surface area contributed by atoms with E-state index in [1.165, 1.54) is 0 Å². The number of nitrogens with one attached hydrogen (secondary N) is 1. The average molecular weight is 302 g/mol. The molecule has 0 aliphatic carbocycles. The van der Waals surface area contributed by atoms with Gasteiger partial charge in [0.25, 0.3) is 0 Å². The number of amides is 1. The van der Waals surface area contributed by atoms with Crippen LogP contribution < -0.4 is 5.32 Å². The highest BCUT2D eigenvalue weighted by atomic mass is 16.2. The average Bonchev–Trinajstić information content (AvgIpc) is 2.63. The van der Waals surface area contributed by atoms with Crippen LogP contribution in [0.5, 0.6) is 0 Å². The van der Waals surface area contributed by atoms with Crippen LogP contribution in [0.1, 0.15) is 30.4 Å². The minimum atomic E-state index is -1.08. The molecule has 0 spiro atoms. The zero-order valence-electron chi connectivity index (χ0n) is 13.0. The highest BCUT2D eigenvalue weighted by Crippen LogP contribution is 2.41. The Kier molecular flexibility index (Phi) is 3.99. The Hall–Kier alpha value is -2.86. The summed E-state index contributed by atoms with van der Waals surface area (Å²) in [6.45, 7) is 9.56. The van der Waals surface area contributed by atoms with Gasteiger partial charge in [0.2, 0.25) is 0 Å². The molecule has 2 aromatic rings. The lowest BCUT2D eigenvalue weighted by Gasteiger charge is -2.32. The fourth-order valence-electron chi connectivity index (χ4n) is 3.12. The summed E-state index contributed by atoms with van der Waals surface area (Å²) in [7, 11) is 0. The lowest BCUT2D eigenvalue weighted by atomic mass is 9.74. The van der Waals surface area contributed by atoms with Gasteiger partial charge in [0.05, 0.1) is 5.92 Å². The van der Waals surface area contributed by atoms with Crippen molar-refractivity contribution in [3.63, 3.8) is 0 Å². The van der Waals surface area contributed by atoms with Gasteiger partial charge in [0.15, 0.2) is 0 Å². The maximum atomic E-state index is 12.8. The van der Waals surface area contributed by atoms with Gasteiger partial charge in [0, 0.05) is 12.1 Å². The summed E-state index contributed by atoms with van der Waals surface area (Å²) in [6, 6.07) is 19.6. The molecule has 0 saturated heterocycles. The Balaban J connectivity index is 2.16. The van der Waals surface area contributed by atoms with E-state index in [1.54, 1.807) is 0 Å². The Labute approximate surface area is 136 Å². The molecular weight excluding hydrogens is 284 g/mol. The third-order valence-corrected chi connectivity index (χ3v) is 4.47. The van der Waals surface area contributed by atoms with Crippen molar-refractivity contribution < 1.29 is 4.79 Å². The molecule has 2 atom stereocenters. The normalized spacial score (nSPS) is 23.6. The zero-order valence-corrected chi connectivity index (χ0v) is 13.0. The van der Waals surface area contributed by atoms with Crippen LogP contribution in [-0.4, -0.2) is 11.4 Å². The summed E-state index contributed by atoms with van der Waals surface area (Å²) in [5.74, 6) is -0.472. The molecule has 1 heterocycles. The topological polar surface area (TPSA) is 33.5 Å². The third kappa shape index (κ3) is 2.53. The molecule has 0 fully saturated rings. The summed E-state index contributed by atoms with van der Waals surface area (Å²) in [5.41, 5.74) is 1.64. The predicted molar refractivity (Wildman–Crippen MR) is 91.4 cm³/mol. The Bertz CT molecular complexity index is 774. The SMILES string of the molecule is [C-]#[N+][C@]1(CC)C(=O)NC(c2ccccc2)=C[C@H]1c1ccccc1. The lowest BCUT2D eigenvalue weighted by molar-refractivity contribution is -0.124. The number of benzene rings is 2. The van der Waals surface area contributed by atoms with Crippen molar-refractivity contribution in [3.05, 3.63) is 89.3 Å². The molecule has 114 valence electrons. The van der Waals surface area contributed by atoms with Gasteiger partial charge >= 0.3 is 11.4 Å². The summed E-state index contributed by atoms with van der Waals surface area (Å²) in [6.07, 6.45) is 2.49. The van der Waals surface area contributed by atoms with E-state index >= 15 is 0 Å². The van der Waals surface area contributed by atoms with Crippen LogP contribution in [0.3, 0.4) is 0 Å². The van der Waals surface area contributed by atoms with Gasteiger partial charge in [-0.1, -0.05) is 67.6 Å².